The number of fused-ring (bicyclic) bond motifs is 3. The third-order valence-electron chi connectivity index (χ3n) is 6.70. The van der Waals surface area contributed by atoms with Gasteiger partial charge in [0.15, 0.2) is 0 Å². The van der Waals surface area contributed by atoms with E-state index in [1.807, 2.05) is 64.1 Å². The first-order valence-corrected chi connectivity index (χ1v) is 11.3. The van der Waals surface area contributed by atoms with E-state index in [0.29, 0.717) is 6.54 Å². The molecule has 2 aromatic carbocycles. The van der Waals surface area contributed by atoms with Crippen LogP contribution in [0.15, 0.2) is 48.5 Å². The highest BCUT2D eigenvalue weighted by Gasteiger charge is 2.54. The predicted octanol–water partition coefficient (Wildman–Crippen LogP) is 3.87. The van der Waals surface area contributed by atoms with E-state index in [1.54, 1.807) is 0 Å². The van der Waals surface area contributed by atoms with Crippen molar-refractivity contribution in [2.45, 2.75) is 45.7 Å². The fourth-order valence-corrected chi connectivity index (χ4v) is 5.06. The predicted molar refractivity (Wildman–Crippen MR) is 124 cm³/mol. The molecule has 1 fully saturated rings. The number of benzene rings is 2. The molecule has 0 bridgehead atoms. The van der Waals surface area contributed by atoms with Crippen molar-refractivity contribution in [1.29, 1.82) is 0 Å². The fraction of sp³-hybridized carbons (Fsp3) is 0.423. The summed E-state index contributed by atoms with van der Waals surface area (Å²) < 4.78 is 5.58. The van der Waals surface area contributed by atoms with E-state index in [-0.39, 0.29) is 18.4 Å². The largest absolute Gasteiger partial charge is 0.480 e. The Hall–Kier alpha value is -3.35. The zero-order valence-electron chi connectivity index (χ0n) is 19.4. The number of carboxylic acid groups (broad SMARTS) is 1. The molecule has 2 aromatic rings. The molecule has 7 heteroatoms. The highest BCUT2D eigenvalue weighted by molar-refractivity contribution is 5.91. The Balaban J connectivity index is 1.44. The first-order chi connectivity index (χ1) is 15.6. The van der Waals surface area contributed by atoms with Gasteiger partial charge in [-0.2, -0.15) is 0 Å². The van der Waals surface area contributed by atoms with Crippen molar-refractivity contribution in [3.8, 4) is 11.1 Å². The molecule has 33 heavy (non-hydrogen) atoms. The molecule has 4 rings (SSSR count). The monoisotopic (exact) mass is 450 g/mol. The van der Waals surface area contributed by atoms with Gasteiger partial charge in [0.2, 0.25) is 5.91 Å². The molecule has 2 unspecified atom stereocenters. The molecule has 2 amide bonds. The molecular weight excluding hydrogens is 420 g/mol. The number of likely N-dealkylation sites (tertiary alicyclic amines) is 1. The summed E-state index contributed by atoms with van der Waals surface area (Å²) in [5.41, 5.74) is 3.98. The zero-order chi connectivity index (χ0) is 23.9. The van der Waals surface area contributed by atoms with Crippen LogP contribution in [0.25, 0.3) is 11.1 Å². The second-order valence-corrected chi connectivity index (χ2v) is 9.89. The maximum Gasteiger partial charge on any atom is 0.407 e. The number of aliphatic carboxylic acids is 1. The van der Waals surface area contributed by atoms with E-state index in [4.69, 9.17) is 4.74 Å². The SMILES string of the molecule is CC(C)C(NC(=O)OCC1c2ccccc2-c2ccccc21)C(=O)N1CC(C)(C)C1C(=O)O. The van der Waals surface area contributed by atoms with E-state index in [2.05, 4.69) is 17.4 Å². The summed E-state index contributed by atoms with van der Waals surface area (Å²) in [5.74, 6) is -1.74. The normalized spacial score (nSPS) is 19.3. The Labute approximate surface area is 193 Å². The average Bonchev–Trinajstić information content (AvgIpc) is 3.07. The minimum absolute atomic E-state index is 0.0797. The lowest BCUT2D eigenvalue weighted by molar-refractivity contribution is -0.173. The van der Waals surface area contributed by atoms with Crippen molar-refractivity contribution in [3.63, 3.8) is 0 Å². The summed E-state index contributed by atoms with van der Waals surface area (Å²) >= 11 is 0. The summed E-state index contributed by atoms with van der Waals surface area (Å²) in [6.07, 6.45) is -0.685. The van der Waals surface area contributed by atoms with Crippen LogP contribution in [0.4, 0.5) is 4.79 Å². The van der Waals surface area contributed by atoms with Crippen LogP contribution in [-0.2, 0) is 14.3 Å². The highest BCUT2D eigenvalue weighted by atomic mass is 16.5. The third kappa shape index (κ3) is 4.08. The molecule has 2 aliphatic rings. The number of hydrogen-bond donors (Lipinski definition) is 2. The average molecular weight is 451 g/mol. The summed E-state index contributed by atoms with van der Waals surface area (Å²) in [5, 5.41) is 12.2. The van der Waals surface area contributed by atoms with Crippen LogP contribution in [0.3, 0.4) is 0 Å². The van der Waals surface area contributed by atoms with Gasteiger partial charge in [0.05, 0.1) is 0 Å². The summed E-state index contributed by atoms with van der Waals surface area (Å²) in [6, 6.07) is 14.4. The van der Waals surface area contributed by atoms with Crippen LogP contribution in [0, 0.1) is 11.3 Å². The number of hydrogen-bond acceptors (Lipinski definition) is 4. The van der Waals surface area contributed by atoms with Gasteiger partial charge in [-0.3, -0.25) is 4.79 Å². The topological polar surface area (TPSA) is 95.9 Å². The lowest BCUT2D eigenvalue weighted by Crippen LogP contribution is -2.70. The first-order valence-electron chi connectivity index (χ1n) is 11.3. The minimum Gasteiger partial charge on any atom is -0.480 e. The quantitative estimate of drug-likeness (QED) is 0.697. The Morgan fingerprint density at radius 3 is 2.09 bits per heavy atom. The van der Waals surface area contributed by atoms with Gasteiger partial charge in [-0.25, -0.2) is 9.59 Å². The third-order valence-corrected chi connectivity index (χ3v) is 6.70. The maximum atomic E-state index is 13.1. The van der Waals surface area contributed by atoms with Crippen molar-refractivity contribution >= 4 is 18.0 Å². The van der Waals surface area contributed by atoms with E-state index in [0.717, 1.165) is 22.3 Å². The van der Waals surface area contributed by atoms with Crippen LogP contribution in [0.1, 0.15) is 44.7 Å². The number of nitrogens with zero attached hydrogens (tertiary/aromatic N) is 1. The van der Waals surface area contributed by atoms with E-state index in [1.165, 1.54) is 4.90 Å². The molecule has 0 radical (unpaired) electrons. The molecule has 174 valence electrons. The van der Waals surface area contributed by atoms with Crippen LogP contribution in [0.2, 0.25) is 0 Å². The molecule has 2 N–H and O–H groups in total. The van der Waals surface area contributed by atoms with Crippen molar-refractivity contribution in [2.24, 2.45) is 11.3 Å². The first kappa shape index (κ1) is 22.8. The Bertz CT molecular complexity index is 1050. The van der Waals surface area contributed by atoms with Crippen LogP contribution in [0.5, 0.6) is 0 Å². The van der Waals surface area contributed by atoms with Gasteiger partial charge < -0.3 is 20.1 Å². The van der Waals surface area contributed by atoms with Gasteiger partial charge in [-0.05, 0) is 28.2 Å². The number of carbonyl (C=O) groups excluding carboxylic acids is 2. The molecule has 1 heterocycles. The number of carbonyl (C=O) groups is 3. The molecule has 7 nitrogen and oxygen atoms in total. The second kappa shape index (κ2) is 8.54. The smallest absolute Gasteiger partial charge is 0.407 e. The lowest BCUT2D eigenvalue weighted by Gasteiger charge is -2.52. The molecule has 1 aliphatic carbocycles. The van der Waals surface area contributed by atoms with E-state index < -0.39 is 35.5 Å². The maximum absolute atomic E-state index is 13.1. The van der Waals surface area contributed by atoms with Gasteiger partial charge >= 0.3 is 12.1 Å². The van der Waals surface area contributed by atoms with E-state index in [9.17, 15) is 19.5 Å². The van der Waals surface area contributed by atoms with Crippen molar-refractivity contribution in [3.05, 3.63) is 59.7 Å². The Morgan fingerprint density at radius 1 is 1.06 bits per heavy atom. The van der Waals surface area contributed by atoms with Crippen molar-refractivity contribution in [1.82, 2.24) is 10.2 Å². The van der Waals surface area contributed by atoms with Crippen LogP contribution < -0.4 is 5.32 Å². The Kier molecular flexibility index (Phi) is 5.91. The van der Waals surface area contributed by atoms with Gasteiger partial charge in [-0.1, -0.05) is 76.2 Å². The van der Waals surface area contributed by atoms with Crippen molar-refractivity contribution in [2.75, 3.05) is 13.2 Å². The molecule has 1 saturated heterocycles. The number of carboxylic acids is 1. The summed E-state index contributed by atoms with van der Waals surface area (Å²) in [7, 11) is 0. The fourth-order valence-electron chi connectivity index (χ4n) is 5.06. The van der Waals surface area contributed by atoms with E-state index >= 15 is 0 Å². The molecule has 0 spiro atoms. The molecule has 1 aliphatic heterocycles. The van der Waals surface area contributed by atoms with Gasteiger partial charge in [0, 0.05) is 17.9 Å². The molecule has 2 atom stereocenters. The summed E-state index contributed by atoms with van der Waals surface area (Å²) in [4.78, 5) is 38.8. The summed E-state index contributed by atoms with van der Waals surface area (Å²) in [6.45, 7) is 7.74. The van der Waals surface area contributed by atoms with Crippen molar-refractivity contribution < 1.29 is 24.2 Å². The zero-order valence-corrected chi connectivity index (χ0v) is 19.4. The Morgan fingerprint density at radius 2 is 1.61 bits per heavy atom. The number of rotatable bonds is 6. The molecule has 0 saturated carbocycles. The lowest BCUT2D eigenvalue weighted by atomic mass is 9.74. The van der Waals surface area contributed by atoms with Gasteiger partial charge in [0.1, 0.15) is 18.7 Å². The van der Waals surface area contributed by atoms with Gasteiger partial charge in [0.25, 0.3) is 0 Å². The number of ether oxygens (including phenoxy) is 1. The van der Waals surface area contributed by atoms with Crippen LogP contribution >= 0.6 is 0 Å². The standard InChI is InChI=1S/C26H30N2O5/c1-15(2)21(23(29)28-14-26(3,4)22(28)24(30)31)27-25(32)33-13-20-18-11-7-5-9-16(18)17-10-6-8-12-19(17)20/h5-12,15,20-22H,13-14H2,1-4H3,(H,27,32)(H,30,31). The number of nitrogens with one attached hydrogen (secondary N) is 1. The minimum atomic E-state index is -1.04. The number of alkyl carbamates (subject to hydrolysis) is 1. The highest BCUT2D eigenvalue weighted by Crippen LogP contribution is 2.44. The number of amides is 2. The molecule has 0 aromatic heterocycles. The van der Waals surface area contributed by atoms with Crippen LogP contribution in [-0.4, -0.2) is 53.2 Å². The van der Waals surface area contributed by atoms with Gasteiger partial charge in [-0.15, -0.1) is 0 Å². The molecular formula is C26H30N2O5. The second-order valence-electron chi connectivity index (χ2n) is 9.89.